The molecule has 0 unspecified atom stereocenters. The number of carboxylic acid groups (broad SMARTS) is 1. The number of nitrogens with one attached hydrogen (secondary N) is 1. The second-order valence-electron chi connectivity index (χ2n) is 8.08. The van der Waals surface area contributed by atoms with Crippen LogP contribution in [0, 0.1) is 0 Å². The number of carbonyl (C=O) groups is 3. The molecule has 2 atom stereocenters. The van der Waals surface area contributed by atoms with Crippen molar-refractivity contribution in [3.05, 3.63) is 11.1 Å². The quantitative estimate of drug-likeness (QED) is 0.130. The third kappa shape index (κ3) is 7.84. The van der Waals surface area contributed by atoms with Crippen molar-refractivity contribution in [1.29, 1.82) is 0 Å². The SMILES string of the molecule is CCN(CC)CC.CC[C@H]1[C@H](NC(=O)C(=NOC(C)(C)C(=O)O)c2csc(N)n2)C(=O)N1S(=O)(=O)O. The highest BCUT2D eigenvalue weighted by atomic mass is 32.2. The summed E-state index contributed by atoms with van der Waals surface area (Å²) in [5.41, 5.74) is 3.29. The van der Waals surface area contributed by atoms with E-state index in [4.69, 9.17) is 20.2 Å². The molecule has 1 aliphatic rings. The first-order valence-electron chi connectivity index (χ1n) is 11.2. The zero-order valence-corrected chi connectivity index (χ0v) is 22.7. The van der Waals surface area contributed by atoms with Crippen LogP contribution in [0.15, 0.2) is 10.5 Å². The molecule has 16 heteroatoms. The number of nitrogen functional groups attached to an aromatic ring is 1. The van der Waals surface area contributed by atoms with Gasteiger partial charge in [0.25, 0.3) is 11.8 Å². The van der Waals surface area contributed by atoms with E-state index in [2.05, 4.69) is 41.1 Å². The molecule has 1 fully saturated rings. The number of β-lactam (4-membered cyclic amide) rings is 1. The highest BCUT2D eigenvalue weighted by Crippen LogP contribution is 2.26. The maximum Gasteiger partial charge on any atom is 0.362 e. The number of carboxylic acids is 1. The van der Waals surface area contributed by atoms with Crippen LogP contribution in [0.4, 0.5) is 5.13 Å². The molecule has 0 spiro atoms. The van der Waals surface area contributed by atoms with Crippen LogP contribution in [-0.4, -0.2) is 93.1 Å². The minimum absolute atomic E-state index is 0.0300. The fraction of sp³-hybridized carbons (Fsp3) is 0.650. The predicted octanol–water partition coefficient (Wildman–Crippen LogP) is 0.566. The number of carbonyl (C=O) groups excluding carboxylic acids is 2. The van der Waals surface area contributed by atoms with Crippen molar-refractivity contribution in [3.8, 4) is 0 Å². The van der Waals surface area contributed by atoms with Crippen molar-refractivity contribution in [3.63, 3.8) is 0 Å². The number of amides is 2. The van der Waals surface area contributed by atoms with Gasteiger partial charge in [0.1, 0.15) is 11.7 Å². The number of thiazole rings is 1. The van der Waals surface area contributed by atoms with E-state index in [1.165, 1.54) is 38.9 Å². The summed E-state index contributed by atoms with van der Waals surface area (Å²) in [5, 5.41) is 16.5. The number of nitrogens with zero attached hydrogens (tertiary/aromatic N) is 4. The molecule has 1 aromatic rings. The number of nitrogens with two attached hydrogens (primary N) is 1. The lowest BCUT2D eigenvalue weighted by Gasteiger charge is -2.43. The summed E-state index contributed by atoms with van der Waals surface area (Å²) in [6.45, 7) is 14.1. The fourth-order valence-electron chi connectivity index (χ4n) is 3.04. The molecule has 1 aromatic heterocycles. The molecule has 0 radical (unpaired) electrons. The molecule has 36 heavy (non-hydrogen) atoms. The molecule has 0 aromatic carbocycles. The Morgan fingerprint density at radius 1 is 1.28 bits per heavy atom. The van der Waals surface area contributed by atoms with Gasteiger partial charge < -0.3 is 25.9 Å². The lowest BCUT2D eigenvalue weighted by atomic mass is 9.96. The fourth-order valence-corrected chi connectivity index (χ4v) is 4.54. The number of hydrogen-bond acceptors (Lipinski definition) is 11. The van der Waals surface area contributed by atoms with Gasteiger partial charge in [-0.25, -0.2) is 14.1 Å². The highest BCUT2D eigenvalue weighted by Gasteiger charge is 2.53. The summed E-state index contributed by atoms with van der Waals surface area (Å²) in [5.74, 6) is -3.34. The van der Waals surface area contributed by atoms with Gasteiger partial charge in [0.2, 0.25) is 5.60 Å². The van der Waals surface area contributed by atoms with E-state index in [-0.39, 0.29) is 21.6 Å². The maximum atomic E-state index is 12.7. The molecule has 1 saturated heterocycles. The number of oxime groups is 1. The molecule has 1 aliphatic heterocycles. The Morgan fingerprint density at radius 2 is 1.83 bits per heavy atom. The lowest BCUT2D eigenvalue weighted by Crippen LogP contribution is -2.72. The Labute approximate surface area is 214 Å². The van der Waals surface area contributed by atoms with Crippen LogP contribution in [-0.2, 0) is 29.5 Å². The minimum atomic E-state index is -4.77. The predicted molar refractivity (Wildman–Crippen MR) is 134 cm³/mol. The Balaban J connectivity index is 0.000000809. The molecule has 14 nitrogen and oxygen atoms in total. The monoisotopic (exact) mass is 550 g/mol. The van der Waals surface area contributed by atoms with Crippen molar-refractivity contribution in [2.75, 3.05) is 25.4 Å². The summed E-state index contributed by atoms with van der Waals surface area (Å²) in [7, 11) is -4.77. The standard InChI is InChI=1S/C14H19N5O8S2.C6H15N/c1-4-7-9(11(21)19(7)29(24,25)26)17-10(20)8(6-5-28-13(15)16-6)18-27-14(2,3)12(22)23;1-4-7(5-2)6-3/h5,7,9H,4H2,1-3H3,(H2,15,16)(H,17,20)(H,22,23)(H,24,25,26);4-6H2,1-3H3/t7-,9-;/m0./s1. The minimum Gasteiger partial charge on any atom is -0.478 e. The largest absolute Gasteiger partial charge is 0.478 e. The zero-order chi connectivity index (χ0) is 27.8. The van der Waals surface area contributed by atoms with E-state index < -0.39 is 51.5 Å². The summed E-state index contributed by atoms with van der Waals surface area (Å²) >= 11 is 0.984. The smallest absolute Gasteiger partial charge is 0.362 e. The zero-order valence-electron chi connectivity index (χ0n) is 21.1. The lowest BCUT2D eigenvalue weighted by molar-refractivity contribution is -0.161. The molecule has 2 amide bonds. The summed E-state index contributed by atoms with van der Waals surface area (Å²) < 4.78 is 32.0. The Bertz CT molecular complexity index is 1060. The number of rotatable bonds is 11. The number of hydrogen-bond donors (Lipinski definition) is 4. The molecule has 2 heterocycles. The molecule has 5 N–H and O–H groups in total. The number of aliphatic carboxylic acids is 1. The van der Waals surface area contributed by atoms with Crippen molar-refractivity contribution in [2.24, 2.45) is 5.16 Å². The van der Waals surface area contributed by atoms with Crippen LogP contribution in [0.1, 0.15) is 53.7 Å². The van der Waals surface area contributed by atoms with Crippen LogP contribution >= 0.6 is 11.3 Å². The summed E-state index contributed by atoms with van der Waals surface area (Å²) in [6.07, 6.45) is 0.120. The second-order valence-corrected chi connectivity index (χ2v) is 10.3. The van der Waals surface area contributed by atoms with Crippen molar-refractivity contribution in [2.45, 2.75) is 65.6 Å². The van der Waals surface area contributed by atoms with Crippen LogP contribution in [0.2, 0.25) is 0 Å². The van der Waals surface area contributed by atoms with E-state index in [9.17, 15) is 22.8 Å². The molecular formula is C20H34N6O8S2. The van der Waals surface area contributed by atoms with Crippen LogP contribution < -0.4 is 11.1 Å². The molecule has 0 bridgehead atoms. The Hall–Kier alpha value is -2.82. The van der Waals surface area contributed by atoms with E-state index >= 15 is 0 Å². The first-order valence-corrected chi connectivity index (χ1v) is 13.5. The van der Waals surface area contributed by atoms with Gasteiger partial charge in [-0.1, -0.05) is 32.9 Å². The van der Waals surface area contributed by atoms with Crippen molar-refractivity contribution < 1.29 is 37.3 Å². The molecule has 204 valence electrons. The average molecular weight is 551 g/mol. The first-order chi connectivity index (χ1) is 16.6. The number of anilines is 1. The Kier molecular flexibility index (Phi) is 11.2. The number of aromatic nitrogens is 1. The van der Waals surface area contributed by atoms with Gasteiger partial charge in [0, 0.05) is 5.38 Å². The van der Waals surface area contributed by atoms with Gasteiger partial charge in [-0.15, -0.1) is 11.3 Å². The third-order valence-corrected chi connectivity index (χ3v) is 6.95. The van der Waals surface area contributed by atoms with E-state index in [0.717, 1.165) is 11.3 Å². The summed E-state index contributed by atoms with van der Waals surface area (Å²) in [4.78, 5) is 47.1. The van der Waals surface area contributed by atoms with Crippen LogP contribution in [0.5, 0.6) is 0 Å². The topological polar surface area (TPSA) is 205 Å². The van der Waals surface area contributed by atoms with E-state index in [0.29, 0.717) is 0 Å². The Morgan fingerprint density at radius 3 is 2.19 bits per heavy atom. The van der Waals surface area contributed by atoms with Gasteiger partial charge >= 0.3 is 16.3 Å². The second kappa shape index (κ2) is 12.9. The third-order valence-electron chi connectivity index (χ3n) is 5.32. The molecule has 0 saturated carbocycles. The molecule has 0 aliphatic carbocycles. The average Bonchev–Trinajstić information content (AvgIpc) is 3.21. The molecule has 2 rings (SSSR count). The highest BCUT2D eigenvalue weighted by molar-refractivity contribution is 7.84. The van der Waals surface area contributed by atoms with E-state index in [1.807, 2.05) is 0 Å². The summed E-state index contributed by atoms with van der Waals surface area (Å²) in [6, 6.07) is -2.25. The van der Waals surface area contributed by atoms with Gasteiger partial charge in [-0.2, -0.15) is 8.42 Å². The van der Waals surface area contributed by atoms with Gasteiger partial charge in [-0.05, 0) is 39.9 Å². The molecular weight excluding hydrogens is 516 g/mol. The van der Waals surface area contributed by atoms with Gasteiger partial charge in [0.05, 0.1) is 6.04 Å². The first kappa shape index (κ1) is 31.2. The van der Waals surface area contributed by atoms with Crippen molar-refractivity contribution >= 4 is 50.3 Å². The van der Waals surface area contributed by atoms with Crippen LogP contribution in [0.3, 0.4) is 0 Å². The van der Waals surface area contributed by atoms with E-state index in [1.54, 1.807) is 6.92 Å². The van der Waals surface area contributed by atoms with Gasteiger partial charge in [0.15, 0.2) is 10.8 Å². The van der Waals surface area contributed by atoms with Crippen molar-refractivity contribution in [1.82, 2.24) is 19.5 Å². The van der Waals surface area contributed by atoms with Crippen LogP contribution in [0.25, 0.3) is 0 Å². The normalized spacial score (nSPS) is 18.3. The maximum absolute atomic E-state index is 12.7. The van der Waals surface area contributed by atoms with Gasteiger partial charge in [-0.3, -0.25) is 14.1 Å².